The van der Waals surface area contributed by atoms with E-state index in [9.17, 15) is 17.2 Å². The van der Waals surface area contributed by atoms with Crippen molar-refractivity contribution in [3.8, 4) is 0 Å². The summed E-state index contributed by atoms with van der Waals surface area (Å²) in [7, 11) is -3.86. The molecule has 1 unspecified atom stereocenters. The average molecular weight is 340 g/mol. The first-order valence-corrected chi connectivity index (χ1v) is 8.02. The predicted molar refractivity (Wildman–Crippen MR) is 67.0 cm³/mol. The highest BCUT2D eigenvalue weighted by atomic mass is 79.9. The predicted octanol–water partition coefficient (Wildman–Crippen LogP) is 2.37. The van der Waals surface area contributed by atoms with Gasteiger partial charge in [-0.25, -0.2) is 17.2 Å². The standard InChI is InChI=1S/C11H12BrF2NO2S/c12-6-8-3-4-15(7-8)18(16,17)11-2-1-9(13)5-10(11)14/h1-2,5,8H,3-4,6-7H2. The largest absolute Gasteiger partial charge is 0.245 e. The van der Waals surface area contributed by atoms with Crippen molar-refractivity contribution in [2.24, 2.45) is 5.92 Å². The van der Waals surface area contributed by atoms with Crippen LogP contribution in [0.5, 0.6) is 0 Å². The molecule has 1 aromatic rings. The molecule has 0 spiro atoms. The summed E-state index contributed by atoms with van der Waals surface area (Å²) in [6.07, 6.45) is 0.743. The van der Waals surface area contributed by atoms with Crippen LogP contribution in [0.2, 0.25) is 0 Å². The number of rotatable bonds is 3. The third kappa shape index (κ3) is 2.57. The van der Waals surface area contributed by atoms with Crippen molar-refractivity contribution < 1.29 is 17.2 Å². The Bertz CT molecular complexity index is 550. The molecule has 0 aromatic heterocycles. The second-order valence-electron chi connectivity index (χ2n) is 4.25. The van der Waals surface area contributed by atoms with Crippen LogP contribution in [0.3, 0.4) is 0 Å². The fourth-order valence-electron chi connectivity index (χ4n) is 1.96. The molecule has 0 amide bonds. The maximum Gasteiger partial charge on any atom is 0.245 e. The lowest BCUT2D eigenvalue weighted by Gasteiger charge is -2.16. The van der Waals surface area contributed by atoms with Gasteiger partial charge >= 0.3 is 0 Å². The van der Waals surface area contributed by atoms with Crippen LogP contribution in [0, 0.1) is 17.6 Å². The number of sulfonamides is 1. The Hall–Kier alpha value is -0.530. The van der Waals surface area contributed by atoms with Crippen LogP contribution in [0.1, 0.15) is 6.42 Å². The molecule has 0 radical (unpaired) electrons. The van der Waals surface area contributed by atoms with E-state index in [-0.39, 0.29) is 5.92 Å². The van der Waals surface area contributed by atoms with Crippen molar-refractivity contribution in [2.75, 3.05) is 18.4 Å². The van der Waals surface area contributed by atoms with Gasteiger partial charge in [0.05, 0.1) is 0 Å². The van der Waals surface area contributed by atoms with E-state index in [4.69, 9.17) is 0 Å². The molecule has 100 valence electrons. The summed E-state index contributed by atoms with van der Waals surface area (Å²) < 4.78 is 51.9. The van der Waals surface area contributed by atoms with Gasteiger partial charge in [-0.15, -0.1) is 0 Å². The molecule has 1 heterocycles. The number of hydrogen-bond acceptors (Lipinski definition) is 2. The minimum atomic E-state index is -3.86. The van der Waals surface area contributed by atoms with Gasteiger partial charge in [-0.2, -0.15) is 4.31 Å². The van der Waals surface area contributed by atoms with E-state index in [0.717, 1.165) is 18.6 Å². The summed E-state index contributed by atoms with van der Waals surface area (Å²) in [5, 5.41) is 0.713. The lowest BCUT2D eigenvalue weighted by atomic mass is 10.2. The molecule has 0 saturated carbocycles. The Kier molecular flexibility index (Phi) is 4.03. The molecule has 0 bridgehead atoms. The number of hydrogen-bond donors (Lipinski definition) is 0. The van der Waals surface area contributed by atoms with Gasteiger partial charge < -0.3 is 0 Å². The number of alkyl halides is 1. The molecule has 3 nitrogen and oxygen atoms in total. The maximum atomic E-state index is 13.5. The van der Waals surface area contributed by atoms with Gasteiger partial charge in [0, 0.05) is 24.5 Å². The van der Waals surface area contributed by atoms with Gasteiger partial charge in [0.1, 0.15) is 16.5 Å². The van der Waals surface area contributed by atoms with Gasteiger partial charge in [0.25, 0.3) is 0 Å². The Morgan fingerprint density at radius 1 is 1.39 bits per heavy atom. The zero-order valence-corrected chi connectivity index (χ0v) is 11.8. The lowest BCUT2D eigenvalue weighted by molar-refractivity contribution is 0.458. The first-order chi connectivity index (χ1) is 8.45. The van der Waals surface area contributed by atoms with E-state index in [1.54, 1.807) is 0 Å². The molecule has 1 atom stereocenters. The summed E-state index contributed by atoms with van der Waals surface area (Å²) in [6.45, 7) is 0.736. The van der Waals surface area contributed by atoms with Crippen LogP contribution in [0.4, 0.5) is 8.78 Å². The molecule has 18 heavy (non-hydrogen) atoms. The van der Waals surface area contributed by atoms with E-state index >= 15 is 0 Å². The molecule has 1 aliphatic rings. The minimum Gasteiger partial charge on any atom is -0.207 e. The Balaban J connectivity index is 2.31. The van der Waals surface area contributed by atoms with E-state index in [1.807, 2.05) is 0 Å². The van der Waals surface area contributed by atoms with Crippen molar-refractivity contribution in [1.82, 2.24) is 4.31 Å². The molecule has 1 aliphatic heterocycles. The molecule has 2 rings (SSSR count). The molecular weight excluding hydrogens is 328 g/mol. The monoisotopic (exact) mass is 339 g/mol. The molecule has 0 aliphatic carbocycles. The number of benzene rings is 1. The molecular formula is C11H12BrF2NO2S. The second-order valence-corrected chi connectivity index (χ2v) is 6.80. The summed E-state index contributed by atoms with van der Waals surface area (Å²) in [5.74, 6) is -1.59. The Morgan fingerprint density at radius 2 is 2.11 bits per heavy atom. The van der Waals surface area contributed by atoms with Crippen molar-refractivity contribution in [3.05, 3.63) is 29.8 Å². The zero-order chi connectivity index (χ0) is 13.3. The summed E-state index contributed by atoms with van der Waals surface area (Å²) in [6, 6.07) is 2.51. The number of halogens is 3. The Labute approximate surface area is 113 Å². The lowest BCUT2D eigenvalue weighted by Crippen LogP contribution is -2.29. The van der Waals surface area contributed by atoms with E-state index in [0.29, 0.717) is 24.5 Å². The summed E-state index contributed by atoms with van der Waals surface area (Å²) >= 11 is 3.31. The van der Waals surface area contributed by atoms with Crippen molar-refractivity contribution in [2.45, 2.75) is 11.3 Å². The smallest absolute Gasteiger partial charge is 0.207 e. The third-order valence-corrected chi connectivity index (χ3v) is 5.79. The molecule has 1 fully saturated rings. The van der Waals surface area contributed by atoms with Gasteiger partial charge in [-0.05, 0) is 24.5 Å². The summed E-state index contributed by atoms with van der Waals surface area (Å²) in [5.41, 5.74) is 0. The van der Waals surface area contributed by atoms with Crippen molar-refractivity contribution in [1.29, 1.82) is 0 Å². The molecule has 0 N–H and O–H groups in total. The van der Waals surface area contributed by atoms with Crippen molar-refractivity contribution in [3.63, 3.8) is 0 Å². The summed E-state index contributed by atoms with van der Waals surface area (Å²) in [4.78, 5) is -0.459. The first kappa shape index (κ1) is 13.9. The van der Waals surface area contributed by atoms with Crippen LogP contribution < -0.4 is 0 Å². The van der Waals surface area contributed by atoms with Gasteiger partial charge in [-0.3, -0.25) is 0 Å². The number of nitrogens with zero attached hydrogens (tertiary/aromatic N) is 1. The second kappa shape index (κ2) is 5.22. The van der Waals surface area contributed by atoms with Crippen LogP contribution in [0.15, 0.2) is 23.1 Å². The highest BCUT2D eigenvalue weighted by Crippen LogP contribution is 2.26. The molecule has 1 saturated heterocycles. The first-order valence-electron chi connectivity index (χ1n) is 5.46. The maximum absolute atomic E-state index is 13.5. The topological polar surface area (TPSA) is 37.4 Å². The normalized spacial score (nSPS) is 21.4. The highest BCUT2D eigenvalue weighted by Gasteiger charge is 2.33. The quantitative estimate of drug-likeness (QED) is 0.793. The Morgan fingerprint density at radius 3 is 2.67 bits per heavy atom. The van der Waals surface area contributed by atoms with Crippen LogP contribution in [0.25, 0.3) is 0 Å². The minimum absolute atomic E-state index is 0.239. The highest BCUT2D eigenvalue weighted by molar-refractivity contribution is 9.09. The van der Waals surface area contributed by atoms with E-state index < -0.39 is 26.6 Å². The van der Waals surface area contributed by atoms with Crippen LogP contribution in [-0.4, -0.2) is 31.1 Å². The fourth-order valence-corrected chi connectivity index (χ4v) is 4.07. The van der Waals surface area contributed by atoms with Gasteiger partial charge in [0.15, 0.2) is 0 Å². The van der Waals surface area contributed by atoms with Crippen LogP contribution >= 0.6 is 15.9 Å². The van der Waals surface area contributed by atoms with Crippen molar-refractivity contribution >= 4 is 26.0 Å². The SMILES string of the molecule is O=S(=O)(c1ccc(F)cc1F)N1CCC(CBr)C1. The average Bonchev–Trinajstić information content (AvgIpc) is 2.77. The third-order valence-electron chi connectivity index (χ3n) is 2.98. The van der Waals surface area contributed by atoms with Gasteiger partial charge in [0.2, 0.25) is 10.0 Å². The fraction of sp³-hybridized carbons (Fsp3) is 0.455. The van der Waals surface area contributed by atoms with E-state index in [1.165, 1.54) is 4.31 Å². The van der Waals surface area contributed by atoms with Crippen LogP contribution in [-0.2, 0) is 10.0 Å². The van der Waals surface area contributed by atoms with Gasteiger partial charge in [-0.1, -0.05) is 15.9 Å². The molecule has 7 heteroatoms. The van der Waals surface area contributed by atoms with E-state index in [2.05, 4.69) is 15.9 Å². The zero-order valence-electron chi connectivity index (χ0n) is 9.44. The molecule has 1 aromatic carbocycles.